The Labute approximate surface area is 85.6 Å². The van der Waals surface area contributed by atoms with Gasteiger partial charge in [0.1, 0.15) is 6.61 Å². The topological polar surface area (TPSA) is 84.6 Å². The number of nitrogens with one attached hydrogen (secondary N) is 1. The number of carbonyl (C=O) groups is 1. The first-order chi connectivity index (χ1) is 6.96. The van der Waals surface area contributed by atoms with Gasteiger partial charge in [-0.2, -0.15) is 0 Å². The number of alkyl halides is 2. The molecule has 0 bridgehead atoms. The van der Waals surface area contributed by atoms with E-state index in [1.54, 1.807) is 0 Å². The third-order valence-corrected chi connectivity index (χ3v) is 2.21. The molecule has 2 atom stereocenters. The number of carbonyl (C=O) groups excluding carboxylic acids is 1. The molecule has 1 amide bonds. The van der Waals surface area contributed by atoms with E-state index in [-0.39, 0.29) is 13.2 Å². The second-order valence-electron chi connectivity index (χ2n) is 3.54. The van der Waals surface area contributed by atoms with Gasteiger partial charge in [-0.15, -0.1) is 0 Å². The number of rotatable bonds is 4. The maximum atomic E-state index is 12.6. The smallest absolute Gasteiger partial charge is 0.287 e. The molecule has 4 N–H and O–H groups in total. The van der Waals surface area contributed by atoms with Crippen molar-refractivity contribution in [2.75, 3.05) is 26.4 Å². The molecule has 1 saturated heterocycles. The van der Waals surface area contributed by atoms with Crippen LogP contribution in [0.25, 0.3) is 0 Å². The van der Waals surface area contributed by atoms with Gasteiger partial charge in [-0.05, 0) is 0 Å². The summed E-state index contributed by atoms with van der Waals surface area (Å²) >= 11 is 0. The van der Waals surface area contributed by atoms with Crippen molar-refractivity contribution < 1.29 is 23.4 Å². The fourth-order valence-electron chi connectivity index (χ4n) is 1.24. The fraction of sp³-hybridized carbons (Fsp3) is 0.875. The van der Waals surface area contributed by atoms with Gasteiger partial charge in [-0.25, -0.2) is 8.78 Å². The van der Waals surface area contributed by atoms with E-state index in [9.17, 15) is 13.6 Å². The molecule has 7 heteroatoms. The zero-order valence-electron chi connectivity index (χ0n) is 8.08. The lowest BCUT2D eigenvalue weighted by molar-refractivity contribution is -0.128. The van der Waals surface area contributed by atoms with Gasteiger partial charge in [0.15, 0.2) is 0 Å². The van der Waals surface area contributed by atoms with Gasteiger partial charge in [-0.1, -0.05) is 0 Å². The van der Waals surface area contributed by atoms with Crippen molar-refractivity contribution in [1.82, 2.24) is 5.32 Å². The third kappa shape index (κ3) is 3.37. The predicted octanol–water partition coefficient (Wildman–Crippen LogP) is -1.30. The molecular weight excluding hydrogens is 210 g/mol. The van der Waals surface area contributed by atoms with Crippen molar-refractivity contribution >= 4 is 5.91 Å². The Hall–Kier alpha value is -0.790. The van der Waals surface area contributed by atoms with Gasteiger partial charge in [0.05, 0.1) is 25.7 Å². The Morgan fingerprint density at radius 1 is 1.60 bits per heavy atom. The van der Waals surface area contributed by atoms with E-state index >= 15 is 0 Å². The van der Waals surface area contributed by atoms with Gasteiger partial charge in [-0.3, -0.25) is 4.79 Å². The minimum Gasteiger partial charge on any atom is -0.390 e. The van der Waals surface area contributed by atoms with E-state index in [0.717, 1.165) is 0 Å². The highest BCUT2D eigenvalue weighted by Gasteiger charge is 2.34. The van der Waals surface area contributed by atoms with E-state index in [1.165, 1.54) is 0 Å². The summed E-state index contributed by atoms with van der Waals surface area (Å²) in [4.78, 5) is 11.3. The van der Waals surface area contributed by atoms with Crippen molar-refractivity contribution in [3.05, 3.63) is 0 Å². The van der Waals surface area contributed by atoms with Crippen LogP contribution in [0.5, 0.6) is 0 Å². The van der Waals surface area contributed by atoms with Crippen LogP contribution in [-0.4, -0.2) is 49.3 Å². The molecule has 0 aromatic heterocycles. The summed E-state index contributed by atoms with van der Waals surface area (Å²) in [6.07, 6.45) is 0. The number of hydrogen-bond acceptors (Lipinski definition) is 4. The number of ether oxygens (including phenoxy) is 1. The molecule has 0 aromatic rings. The monoisotopic (exact) mass is 224 g/mol. The number of amides is 1. The van der Waals surface area contributed by atoms with E-state index in [0.29, 0.717) is 0 Å². The summed E-state index contributed by atoms with van der Waals surface area (Å²) in [5, 5.41) is 10.3. The van der Waals surface area contributed by atoms with E-state index in [2.05, 4.69) is 0 Å². The van der Waals surface area contributed by atoms with Gasteiger partial charge >= 0.3 is 0 Å². The molecule has 88 valence electrons. The van der Waals surface area contributed by atoms with Crippen LogP contribution in [0.2, 0.25) is 0 Å². The third-order valence-electron chi connectivity index (χ3n) is 2.21. The summed E-state index contributed by atoms with van der Waals surface area (Å²) < 4.78 is 30.1. The summed E-state index contributed by atoms with van der Waals surface area (Å²) in [6.45, 7) is -1.77. The molecule has 1 aliphatic heterocycles. The van der Waals surface area contributed by atoms with Crippen LogP contribution in [-0.2, 0) is 9.53 Å². The van der Waals surface area contributed by atoms with Gasteiger partial charge < -0.3 is 20.9 Å². The molecule has 15 heavy (non-hydrogen) atoms. The average molecular weight is 224 g/mol. The summed E-state index contributed by atoms with van der Waals surface area (Å²) in [5.74, 6) is -4.44. The van der Waals surface area contributed by atoms with E-state index in [1.807, 2.05) is 5.32 Å². The second-order valence-corrected chi connectivity index (χ2v) is 3.54. The van der Waals surface area contributed by atoms with Crippen LogP contribution < -0.4 is 11.1 Å². The van der Waals surface area contributed by atoms with Crippen LogP contribution in [0.4, 0.5) is 8.78 Å². The highest BCUT2D eigenvalue weighted by Crippen LogP contribution is 2.13. The first-order valence-corrected chi connectivity index (χ1v) is 4.56. The number of aliphatic hydroxyl groups is 1. The minimum absolute atomic E-state index is 0.150. The Kier molecular flexibility index (Phi) is 3.95. The van der Waals surface area contributed by atoms with Crippen molar-refractivity contribution in [3.8, 4) is 0 Å². The zero-order chi connectivity index (χ0) is 11.5. The average Bonchev–Trinajstić information content (AvgIpc) is 2.61. The van der Waals surface area contributed by atoms with Crippen LogP contribution in [0, 0.1) is 5.92 Å². The lowest BCUT2D eigenvalue weighted by atomic mass is 10.0. The van der Waals surface area contributed by atoms with Crippen molar-refractivity contribution in [2.24, 2.45) is 11.7 Å². The molecule has 1 heterocycles. The molecule has 0 aromatic carbocycles. The molecule has 5 nitrogen and oxygen atoms in total. The largest absolute Gasteiger partial charge is 0.390 e. The first kappa shape index (κ1) is 12.3. The maximum Gasteiger partial charge on any atom is 0.287 e. The Morgan fingerprint density at radius 3 is 2.73 bits per heavy atom. The maximum absolute atomic E-state index is 12.6. The van der Waals surface area contributed by atoms with Gasteiger partial charge in [0.25, 0.3) is 5.92 Å². The summed E-state index contributed by atoms with van der Waals surface area (Å²) in [6, 6.07) is -0.451. The van der Waals surface area contributed by atoms with Crippen LogP contribution in [0.1, 0.15) is 0 Å². The Balaban J connectivity index is 2.36. The Morgan fingerprint density at radius 2 is 2.27 bits per heavy atom. The first-order valence-electron chi connectivity index (χ1n) is 4.56. The molecule has 0 saturated carbocycles. The number of nitrogens with two attached hydrogens (primary N) is 1. The SMILES string of the molecule is NC1COCC1C(=O)NCC(F)(F)CO. The lowest BCUT2D eigenvalue weighted by Gasteiger charge is -2.17. The standard InChI is InChI=1S/C8H14F2N2O3/c9-8(10,4-13)3-12-7(14)5-1-15-2-6(5)11/h5-6,13H,1-4,11H2,(H,12,14). The number of aliphatic hydroxyl groups excluding tert-OH is 1. The fourth-order valence-corrected chi connectivity index (χ4v) is 1.24. The number of hydrogen-bond donors (Lipinski definition) is 3. The minimum atomic E-state index is -3.29. The van der Waals surface area contributed by atoms with Gasteiger partial charge in [0, 0.05) is 6.04 Å². The quantitative estimate of drug-likeness (QED) is 0.554. The van der Waals surface area contributed by atoms with Crippen LogP contribution >= 0.6 is 0 Å². The second kappa shape index (κ2) is 4.82. The van der Waals surface area contributed by atoms with E-state index in [4.69, 9.17) is 15.6 Å². The Bertz CT molecular complexity index is 238. The van der Waals surface area contributed by atoms with Gasteiger partial charge in [0.2, 0.25) is 5.91 Å². The lowest BCUT2D eigenvalue weighted by Crippen LogP contribution is -2.45. The molecule has 0 aliphatic carbocycles. The molecule has 1 aliphatic rings. The van der Waals surface area contributed by atoms with Crippen molar-refractivity contribution in [3.63, 3.8) is 0 Å². The van der Waals surface area contributed by atoms with Crippen LogP contribution in [0.3, 0.4) is 0 Å². The van der Waals surface area contributed by atoms with Crippen LogP contribution in [0.15, 0.2) is 0 Å². The van der Waals surface area contributed by atoms with Crippen molar-refractivity contribution in [1.29, 1.82) is 0 Å². The molecule has 1 fully saturated rings. The highest BCUT2D eigenvalue weighted by atomic mass is 19.3. The predicted molar refractivity (Wildman–Crippen MR) is 47.3 cm³/mol. The summed E-state index contributed by atoms with van der Waals surface area (Å²) in [5.41, 5.74) is 5.53. The summed E-state index contributed by atoms with van der Waals surface area (Å²) in [7, 11) is 0. The van der Waals surface area contributed by atoms with Crippen molar-refractivity contribution in [2.45, 2.75) is 12.0 Å². The molecule has 0 spiro atoms. The molecular formula is C8H14F2N2O3. The van der Waals surface area contributed by atoms with E-state index < -0.39 is 36.9 Å². The molecule has 2 unspecified atom stereocenters. The zero-order valence-corrected chi connectivity index (χ0v) is 8.08. The highest BCUT2D eigenvalue weighted by molar-refractivity contribution is 5.79. The molecule has 0 radical (unpaired) electrons. The normalized spacial score (nSPS) is 26.7. The number of halogens is 2. The molecule has 1 rings (SSSR count).